The van der Waals surface area contributed by atoms with Gasteiger partial charge < -0.3 is 10.2 Å². The molecule has 2 aromatic carbocycles. The van der Waals surface area contributed by atoms with Crippen molar-refractivity contribution in [3.05, 3.63) is 54.6 Å². The van der Waals surface area contributed by atoms with Gasteiger partial charge >= 0.3 is 0 Å². The molecule has 0 amide bonds. The third-order valence-corrected chi connectivity index (χ3v) is 6.03. The summed E-state index contributed by atoms with van der Waals surface area (Å²) in [7, 11) is -3.83. The number of benzene rings is 2. The Morgan fingerprint density at radius 2 is 1.76 bits per heavy atom. The van der Waals surface area contributed by atoms with E-state index in [1.54, 1.807) is 6.07 Å². The zero-order valence-corrected chi connectivity index (χ0v) is 14.2. The van der Waals surface area contributed by atoms with Crippen molar-refractivity contribution >= 4 is 26.7 Å². The van der Waals surface area contributed by atoms with Gasteiger partial charge in [-0.25, -0.2) is 21.8 Å². The second kappa shape index (κ2) is 6.12. The molecule has 0 unspecified atom stereocenters. The third kappa shape index (κ3) is 2.77. The molecule has 4 rings (SSSR count). The fourth-order valence-electron chi connectivity index (χ4n) is 3.07. The number of para-hydroxylation sites is 1. The van der Waals surface area contributed by atoms with Crippen LogP contribution in [0.25, 0.3) is 11.0 Å². The number of fused-ring (bicyclic) bond motifs is 1. The quantitative estimate of drug-likeness (QED) is 0.772. The van der Waals surface area contributed by atoms with E-state index >= 15 is 0 Å². The summed E-state index contributed by atoms with van der Waals surface area (Å²) in [6.45, 7) is 3.45. The Bertz CT molecular complexity index is 1010. The molecule has 8 heteroatoms. The van der Waals surface area contributed by atoms with Gasteiger partial charge in [0.15, 0.2) is 0 Å². The van der Waals surface area contributed by atoms with Crippen molar-refractivity contribution < 1.29 is 12.8 Å². The van der Waals surface area contributed by atoms with Crippen LogP contribution in [0, 0.1) is 5.82 Å². The first kappa shape index (κ1) is 16.0. The SMILES string of the molecule is O=S(=O)(c1ccc(F)cc1)n1cnc2c(N3CCNCC3)cccc21. The molecule has 0 atom stereocenters. The van der Waals surface area contributed by atoms with E-state index in [0.29, 0.717) is 11.0 Å². The number of hydrogen-bond donors (Lipinski definition) is 1. The molecule has 130 valence electrons. The first-order chi connectivity index (χ1) is 12.1. The van der Waals surface area contributed by atoms with Crippen LogP contribution in [-0.4, -0.2) is 43.6 Å². The molecule has 3 aromatic rings. The summed E-state index contributed by atoms with van der Waals surface area (Å²) in [5, 5.41) is 3.29. The van der Waals surface area contributed by atoms with Crippen molar-refractivity contribution in [1.82, 2.24) is 14.3 Å². The zero-order valence-electron chi connectivity index (χ0n) is 13.4. The fourth-order valence-corrected chi connectivity index (χ4v) is 4.36. The third-order valence-electron chi connectivity index (χ3n) is 4.35. The molecule has 6 nitrogen and oxygen atoms in total. The lowest BCUT2D eigenvalue weighted by atomic mass is 10.2. The maximum Gasteiger partial charge on any atom is 0.269 e. The summed E-state index contributed by atoms with van der Waals surface area (Å²) in [6.07, 6.45) is 1.31. The van der Waals surface area contributed by atoms with Crippen LogP contribution in [0.15, 0.2) is 53.7 Å². The van der Waals surface area contributed by atoms with Gasteiger partial charge in [0.05, 0.1) is 16.1 Å². The van der Waals surface area contributed by atoms with Crippen molar-refractivity contribution in [2.24, 2.45) is 0 Å². The molecule has 1 saturated heterocycles. The van der Waals surface area contributed by atoms with Crippen LogP contribution in [0.4, 0.5) is 10.1 Å². The number of rotatable bonds is 3. The predicted molar refractivity (Wildman–Crippen MR) is 93.8 cm³/mol. The van der Waals surface area contributed by atoms with Gasteiger partial charge in [-0.2, -0.15) is 0 Å². The maximum absolute atomic E-state index is 13.1. The highest BCUT2D eigenvalue weighted by atomic mass is 32.2. The summed E-state index contributed by atoms with van der Waals surface area (Å²) in [6, 6.07) is 10.3. The molecule has 1 aromatic heterocycles. The van der Waals surface area contributed by atoms with E-state index in [9.17, 15) is 12.8 Å². The Morgan fingerprint density at radius 3 is 2.48 bits per heavy atom. The number of nitrogens with one attached hydrogen (secondary N) is 1. The summed E-state index contributed by atoms with van der Waals surface area (Å²) < 4.78 is 40.0. The number of halogens is 1. The minimum Gasteiger partial charge on any atom is -0.367 e. The highest BCUT2D eigenvalue weighted by Gasteiger charge is 2.22. The van der Waals surface area contributed by atoms with Crippen LogP contribution in [0.2, 0.25) is 0 Å². The molecule has 25 heavy (non-hydrogen) atoms. The Hall–Kier alpha value is -2.45. The van der Waals surface area contributed by atoms with Crippen molar-refractivity contribution in [3.8, 4) is 0 Å². The average Bonchev–Trinajstić information content (AvgIpc) is 3.08. The van der Waals surface area contributed by atoms with Crippen molar-refractivity contribution in [2.45, 2.75) is 4.90 Å². The van der Waals surface area contributed by atoms with Gasteiger partial charge in [0.2, 0.25) is 0 Å². The molecule has 1 N–H and O–H groups in total. The Kier molecular flexibility index (Phi) is 3.93. The number of imidazole rings is 1. The largest absolute Gasteiger partial charge is 0.367 e. The van der Waals surface area contributed by atoms with E-state index in [1.165, 1.54) is 18.5 Å². The number of aromatic nitrogens is 2. The minimum atomic E-state index is -3.83. The van der Waals surface area contributed by atoms with Gasteiger partial charge in [-0.15, -0.1) is 0 Å². The van der Waals surface area contributed by atoms with Crippen LogP contribution in [0.5, 0.6) is 0 Å². The molecular formula is C17H17FN4O2S. The first-order valence-electron chi connectivity index (χ1n) is 8.00. The van der Waals surface area contributed by atoms with Gasteiger partial charge in [-0.1, -0.05) is 6.07 Å². The molecule has 2 heterocycles. The summed E-state index contributed by atoms with van der Waals surface area (Å²) in [5.74, 6) is -0.476. The topological polar surface area (TPSA) is 67.2 Å². The zero-order chi connectivity index (χ0) is 17.4. The van der Waals surface area contributed by atoms with E-state index in [4.69, 9.17) is 0 Å². The molecule has 1 fully saturated rings. The maximum atomic E-state index is 13.1. The lowest BCUT2D eigenvalue weighted by Gasteiger charge is -2.29. The van der Waals surface area contributed by atoms with E-state index in [2.05, 4.69) is 15.2 Å². The highest BCUT2D eigenvalue weighted by Crippen LogP contribution is 2.28. The van der Waals surface area contributed by atoms with E-state index < -0.39 is 15.8 Å². The smallest absolute Gasteiger partial charge is 0.269 e. The molecule has 1 aliphatic rings. The van der Waals surface area contributed by atoms with Crippen LogP contribution in [-0.2, 0) is 10.0 Å². The van der Waals surface area contributed by atoms with Gasteiger partial charge in [-0.05, 0) is 36.4 Å². The molecule has 0 saturated carbocycles. The van der Waals surface area contributed by atoms with E-state index in [-0.39, 0.29) is 4.90 Å². The number of piperazine rings is 1. The molecular weight excluding hydrogens is 343 g/mol. The highest BCUT2D eigenvalue weighted by molar-refractivity contribution is 7.90. The Balaban J connectivity index is 1.82. The summed E-state index contributed by atoms with van der Waals surface area (Å²) >= 11 is 0. The standard InChI is InChI=1S/C17H17FN4O2S/c18-13-4-6-14(7-5-13)25(23,24)22-12-20-17-15(2-1-3-16(17)22)21-10-8-19-9-11-21/h1-7,12,19H,8-11H2. The molecule has 0 spiro atoms. The molecule has 0 bridgehead atoms. The molecule has 0 radical (unpaired) electrons. The number of hydrogen-bond acceptors (Lipinski definition) is 5. The predicted octanol–water partition coefficient (Wildman–Crippen LogP) is 1.82. The van der Waals surface area contributed by atoms with E-state index in [1.807, 2.05) is 12.1 Å². The fraction of sp³-hybridized carbons (Fsp3) is 0.235. The van der Waals surface area contributed by atoms with Crippen LogP contribution >= 0.6 is 0 Å². The van der Waals surface area contributed by atoms with E-state index in [0.717, 1.165) is 48.0 Å². The van der Waals surface area contributed by atoms with Gasteiger partial charge in [-0.3, -0.25) is 0 Å². The number of anilines is 1. The monoisotopic (exact) mass is 360 g/mol. The number of nitrogens with zero attached hydrogens (tertiary/aromatic N) is 3. The second-order valence-electron chi connectivity index (χ2n) is 5.88. The van der Waals surface area contributed by atoms with Crippen LogP contribution in [0.1, 0.15) is 0 Å². The normalized spacial score (nSPS) is 15.6. The Labute approximate surface area is 144 Å². The van der Waals surface area contributed by atoms with Crippen molar-refractivity contribution in [2.75, 3.05) is 31.1 Å². The first-order valence-corrected chi connectivity index (χ1v) is 9.44. The Morgan fingerprint density at radius 1 is 1.04 bits per heavy atom. The average molecular weight is 360 g/mol. The van der Waals surface area contributed by atoms with Gasteiger partial charge in [0, 0.05) is 26.2 Å². The van der Waals surface area contributed by atoms with Crippen molar-refractivity contribution in [3.63, 3.8) is 0 Å². The van der Waals surface area contributed by atoms with Crippen LogP contribution < -0.4 is 10.2 Å². The van der Waals surface area contributed by atoms with Gasteiger partial charge in [0.1, 0.15) is 17.7 Å². The lowest BCUT2D eigenvalue weighted by Crippen LogP contribution is -2.43. The second-order valence-corrected chi connectivity index (χ2v) is 7.70. The van der Waals surface area contributed by atoms with Crippen LogP contribution in [0.3, 0.4) is 0 Å². The molecule has 0 aliphatic carbocycles. The summed E-state index contributed by atoms with van der Waals surface area (Å²) in [5.41, 5.74) is 2.09. The van der Waals surface area contributed by atoms with Crippen molar-refractivity contribution in [1.29, 1.82) is 0 Å². The minimum absolute atomic E-state index is 0.0285. The van der Waals surface area contributed by atoms with Gasteiger partial charge in [0.25, 0.3) is 10.0 Å². The summed E-state index contributed by atoms with van der Waals surface area (Å²) in [4.78, 5) is 6.57. The molecule has 1 aliphatic heterocycles. The lowest BCUT2D eigenvalue weighted by molar-refractivity contribution is 0.587.